The number of hydrogen-bond donors (Lipinski definition) is 1. The van der Waals surface area contributed by atoms with Crippen molar-refractivity contribution in [3.8, 4) is 0 Å². The summed E-state index contributed by atoms with van der Waals surface area (Å²) < 4.78 is 2.35. The van der Waals surface area contributed by atoms with Crippen LogP contribution in [0.1, 0.15) is 5.56 Å². The molecule has 0 spiro atoms. The molecular formula is C8H9BrN2OS. The summed E-state index contributed by atoms with van der Waals surface area (Å²) in [5.74, 6) is 0. The molecule has 3 nitrogen and oxygen atoms in total. The molecule has 1 rings (SSSR count). The molecule has 0 fully saturated rings. The van der Waals surface area contributed by atoms with Gasteiger partial charge in [0.25, 0.3) is 5.56 Å². The van der Waals surface area contributed by atoms with E-state index < -0.39 is 0 Å². The lowest BCUT2D eigenvalue weighted by Gasteiger charge is -2.05. The molecule has 2 N–H and O–H groups in total. The number of thiocarbonyl (C=S) groups is 1. The molecule has 0 amide bonds. The van der Waals surface area contributed by atoms with Crippen molar-refractivity contribution in [3.63, 3.8) is 0 Å². The first-order valence-electron chi connectivity index (χ1n) is 3.65. The van der Waals surface area contributed by atoms with E-state index in [-0.39, 0.29) is 12.1 Å². The van der Waals surface area contributed by atoms with Gasteiger partial charge in [-0.3, -0.25) is 4.79 Å². The van der Waals surface area contributed by atoms with Crippen molar-refractivity contribution in [2.75, 3.05) is 0 Å². The third kappa shape index (κ3) is 2.63. The maximum Gasteiger partial charge on any atom is 0.251 e. The normalized spacial score (nSPS) is 10.0. The Hall–Kier alpha value is -0.680. The number of nitrogens with zero attached hydrogens (tertiary/aromatic N) is 1. The van der Waals surface area contributed by atoms with Gasteiger partial charge in [-0.15, -0.1) is 0 Å². The van der Waals surface area contributed by atoms with Crippen molar-refractivity contribution in [3.05, 3.63) is 32.7 Å². The maximum atomic E-state index is 11.4. The molecule has 1 aromatic rings. The molecule has 0 aromatic carbocycles. The van der Waals surface area contributed by atoms with Gasteiger partial charge in [-0.05, 0) is 28.4 Å². The second-order valence-electron chi connectivity index (χ2n) is 2.74. The Bertz CT molecular complexity index is 400. The number of halogens is 1. The number of aromatic nitrogens is 1. The monoisotopic (exact) mass is 260 g/mol. The van der Waals surface area contributed by atoms with E-state index in [0.29, 0.717) is 4.99 Å². The minimum Gasteiger partial charge on any atom is -0.392 e. The molecule has 0 aliphatic carbocycles. The summed E-state index contributed by atoms with van der Waals surface area (Å²) in [6, 6.07) is 1.54. The van der Waals surface area contributed by atoms with E-state index in [0.717, 1.165) is 10.0 Å². The van der Waals surface area contributed by atoms with Crippen LogP contribution in [0.4, 0.5) is 0 Å². The van der Waals surface area contributed by atoms with Crippen LogP contribution in [0.15, 0.2) is 21.5 Å². The largest absolute Gasteiger partial charge is 0.392 e. The van der Waals surface area contributed by atoms with Crippen LogP contribution in [0.3, 0.4) is 0 Å². The Morgan fingerprint density at radius 3 is 2.92 bits per heavy atom. The van der Waals surface area contributed by atoms with Gasteiger partial charge in [-0.25, -0.2) is 0 Å². The van der Waals surface area contributed by atoms with Crippen LogP contribution in [0, 0.1) is 6.92 Å². The van der Waals surface area contributed by atoms with Gasteiger partial charge in [0.1, 0.15) is 0 Å². The Balaban J connectivity index is 3.16. The van der Waals surface area contributed by atoms with Gasteiger partial charge in [-0.2, -0.15) is 0 Å². The van der Waals surface area contributed by atoms with Crippen molar-refractivity contribution in [1.29, 1.82) is 0 Å². The van der Waals surface area contributed by atoms with E-state index >= 15 is 0 Å². The van der Waals surface area contributed by atoms with E-state index in [1.807, 2.05) is 6.92 Å². The predicted octanol–water partition coefficient (Wildman–Crippen LogP) is 1.21. The number of rotatable bonds is 2. The molecule has 0 saturated carbocycles. The summed E-state index contributed by atoms with van der Waals surface area (Å²) >= 11 is 8.04. The minimum atomic E-state index is -0.0894. The zero-order chi connectivity index (χ0) is 10.0. The van der Waals surface area contributed by atoms with Crippen LogP contribution < -0.4 is 11.3 Å². The van der Waals surface area contributed by atoms with Crippen molar-refractivity contribution >= 4 is 33.1 Å². The fraction of sp³-hybridized carbons (Fsp3) is 0.250. The zero-order valence-electron chi connectivity index (χ0n) is 7.08. The number of pyridine rings is 1. The van der Waals surface area contributed by atoms with Crippen molar-refractivity contribution in [2.24, 2.45) is 5.73 Å². The van der Waals surface area contributed by atoms with E-state index in [1.165, 1.54) is 4.57 Å². The predicted molar refractivity (Wildman–Crippen MR) is 59.9 cm³/mol. The average Bonchev–Trinajstić information content (AvgIpc) is 1.99. The van der Waals surface area contributed by atoms with Gasteiger partial charge >= 0.3 is 0 Å². The molecule has 0 aliphatic heterocycles. The van der Waals surface area contributed by atoms with Crippen molar-refractivity contribution < 1.29 is 0 Å². The summed E-state index contributed by atoms with van der Waals surface area (Å²) in [5, 5.41) is 0. The first-order chi connectivity index (χ1) is 6.00. The Labute approximate surface area is 89.7 Å². The van der Waals surface area contributed by atoms with Crippen LogP contribution in [-0.2, 0) is 6.54 Å². The van der Waals surface area contributed by atoms with Gasteiger partial charge in [0.05, 0.1) is 11.5 Å². The molecule has 13 heavy (non-hydrogen) atoms. The molecule has 70 valence electrons. The van der Waals surface area contributed by atoms with Gasteiger partial charge in [-0.1, -0.05) is 12.2 Å². The van der Waals surface area contributed by atoms with Crippen LogP contribution in [-0.4, -0.2) is 9.56 Å². The number of nitrogens with two attached hydrogens (primary N) is 1. The van der Waals surface area contributed by atoms with Gasteiger partial charge in [0.2, 0.25) is 0 Å². The molecule has 1 heterocycles. The Morgan fingerprint density at radius 1 is 1.77 bits per heavy atom. The van der Waals surface area contributed by atoms with Crippen LogP contribution in [0.5, 0.6) is 0 Å². The molecule has 0 aliphatic rings. The third-order valence-corrected chi connectivity index (χ3v) is 2.55. The van der Waals surface area contributed by atoms with Gasteiger partial charge < -0.3 is 10.3 Å². The van der Waals surface area contributed by atoms with Crippen LogP contribution in [0.2, 0.25) is 0 Å². The average molecular weight is 261 g/mol. The first kappa shape index (κ1) is 10.4. The highest BCUT2D eigenvalue weighted by atomic mass is 79.9. The summed E-state index contributed by atoms with van der Waals surface area (Å²) in [4.78, 5) is 11.7. The number of aryl methyl sites for hydroxylation is 1. The highest BCUT2D eigenvalue weighted by molar-refractivity contribution is 9.10. The topological polar surface area (TPSA) is 48.0 Å². The molecule has 1 aromatic heterocycles. The third-order valence-electron chi connectivity index (χ3n) is 1.60. The van der Waals surface area contributed by atoms with Gasteiger partial charge in [0.15, 0.2) is 0 Å². The van der Waals surface area contributed by atoms with Crippen molar-refractivity contribution in [2.45, 2.75) is 13.5 Å². The summed E-state index contributed by atoms with van der Waals surface area (Å²) in [7, 11) is 0. The standard InChI is InChI=1S/C8H9BrN2OS/c1-5-2-8(12)11(3-6(5)9)4-7(10)13/h2-3H,4H2,1H3,(H2,10,13). The van der Waals surface area contributed by atoms with Gasteiger partial charge in [0, 0.05) is 16.7 Å². The Kier molecular flexibility index (Phi) is 3.22. The van der Waals surface area contributed by atoms with E-state index in [9.17, 15) is 4.79 Å². The lowest BCUT2D eigenvalue weighted by atomic mass is 10.3. The molecule has 0 atom stereocenters. The zero-order valence-corrected chi connectivity index (χ0v) is 9.48. The smallest absolute Gasteiger partial charge is 0.251 e. The summed E-state index contributed by atoms with van der Waals surface area (Å²) in [6.45, 7) is 2.14. The molecule has 5 heteroatoms. The fourth-order valence-corrected chi connectivity index (χ4v) is 1.43. The first-order valence-corrected chi connectivity index (χ1v) is 4.85. The molecule has 0 unspecified atom stereocenters. The Morgan fingerprint density at radius 2 is 2.38 bits per heavy atom. The van der Waals surface area contributed by atoms with E-state index in [1.54, 1.807) is 12.3 Å². The van der Waals surface area contributed by atoms with Crippen LogP contribution in [0.25, 0.3) is 0 Å². The summed E-state index contributed by atoms with van der Waals surface area (Å²) in [5.41, 5.74) is 6.16. The highest BCUT2D eigenvalue weighted by Crippen LogP contribution is 2.11. The number of hydrogen-bond acceptors (Lipinski definition) is 2. The fourth-order valence-electron chi connectivity index (χ4n) is 0.931. The maximum absolute atomic E-state index is 11.4. The van der Waals surface area contributed by atoms with Crippen LogP contribution >= 0.6 is 28.1 Å². The molecular weight excluding hydrogens is 252 g/mol. The highest BCUT2D eigenvalue weighted by Gasteiger charge is 2.01. The second kappa shape index (κ2) is 4.02. The second-order valence-corrected chi connectivity index (χ2v) is 4.12. The lowest BCUT2D eigenvalue weighted by Crippen LogP contribution is -2.26. The SMILES string of the molecule is Cc1cc(=O)n(CC(N)=S)cc1Br. The molecule has 0 bridgehead atoms. The summed E-state index contributed by atoms with van der Waals surface area (Å²) in [6.07, 6.45) is 1.69. The van der Waals surface area contributed by atoms with Crippen molar-refractivity contribution in [1.82, 2.24) is 4.57 Å². The molecule has 0 saturated heterocycles. The van der Waals surface area contributed by atoms with E-state index in [2.05, 4.69) is 15.9 Å². The van der Waals surface area contributed by atoms with E-state index in [4.69, 9.17) is 18.0 Å². The lowest BCUT2D eigenvalue weighted by molar-refractivity contribution is 0.801. The minimum absolute atomic E-state index is 0.0894. The quantitative estimate of drug-likeness (QED) is 0.814. The molecule has 0 radical (unpaired) electrons.